The zero-order chi connectivity index (χ0) is 17.1. The second-order valence-electron chi connectivity index (χ2n) is 6.24. The van der Waals surface area contributed by atoms with Crippen LogP contribution in [0.5, 0.6) is 0 Å². The van der Waals surface area contributed by atoms with Crippen LogP contribution in [0.4, 0.5) is 0 Å². The summed E-state index contributed by atoms with van der Waals surface area (Å²) in [5.74, 6) is 0.683. The first-order chi connectivity index (χ1) is 11.6. The van der Waals surface area contributed by atoms with Gasteiger partial charge < -0.3 is 9.30 Å². The third kappa shape index (κ3) is 4.01. The normalized spacial score (nSPS) is 19.1. The molecule has 0 saturated heterocycles. The van der Waals surface area contributed by atoms with Crippen molar-refractivity contribution in [3.63, 3.8) is 0 Å². The summed E-state index contributed by atoms with van der Waals surface area (Å²) in [5.41, 5.74) is 7.71. The van der Waals surface area contributed by atoms with E-state index in [0.717, 1.165) is 29.6 Å². The summed E-state index contributed by atoms with van der Waals surface area (Å²) >= 11 is 1.72. The number of thioether (sulfide) groups is 1. The molecule has 1 aromatic rings. The summed E-state index contributed by atoms with van der Waals surface area (Å²) in [6.07, 6.45) is 3.63. The van der Waals surface area contributed by atoms with Gasteiger partial charge in [0.1, 0.15) is 0 Å². The number of nitrogens with one attached hydrogen (secondary N) is 1. The Bertz CT molecular complexity index is 689. The van der Waals surface area contributed by atoms with E-state index in [1.54, 1.807) is 11.8 Å². The Labute approximate surface area is 146 Å². The average Bonchev–Trinajstić information content (AvgIpc) is 3.35. The Morgan fingerprint density at radius 2 is 2.29 bits per heavy atom. The van der Waals surface area contributed by atoms with E-state index in [0.29, 0.717) is 12.5 Å². The maximum atomic E-state index is 11.3. The van der Waals surface area contributed by atoms with E-state index in [9.17, 15) is 4.79 Å². The quantitative estimate of drug-likeness (QED) is 0.803. The Morgan fingerprint density at radius 3 is 2.92 bits per heavy atom. The molecular formula is C17H24N4O2S. The monoisotopic (exact) mass is 348 g/mol. The summed E-state index contributed by atoms with van der Waals surface area (Å²) < 4.78 is 6.95. The first kappa shape index (κ1) is 17.1. The zero-order valence-electron chi connectivity index (χ0n) is 14.5. The summed E-state index contributed by atoms with van der Waals surface area (Å²) in [6.45, 7) is 5.02. The molecular weight excluding hydrogens is 324 g/mol. The molecule has 7 heteroatoms. The topological polar surface area (TPSA) is 68.0 Å². The van der Waals surface area contributed by atoms with Crippen molar-refractivity contribution >= 4 is 28.6 Å². The second-order valence-corrected chi connectivity index (χ2v) is 7.20. The van der Waals surface area contributed by atoms with Crippen LogP contribution in [0.3, 0.4) is 0 Å². The van der Waals surface area contributed by atoms with E-state index in [2.05, 4.69) is 40.0 Å². The van der Waals surface area contributed by atoms with Gasteiger partial charge in [-0.05, 0) is 39.2 Å². The minimum atomic E-state index is -0.155. The fraction of sp³-hybridized carbons (Fsp3) is 0.588. The predicted octanol–water partition coefficient (Wildman–Crippen LogP) is 2.62. The van der Waals surface area contributed by atoms with E-state index in [1.165, 1.54) is 36.9 Å². The molecule has 1 aliphatic carbocycles. The number of ether oxygens (including phenoxy) is 1. The maximum Gasteiger partial charge on any atom is 0.305 e. The van der Waals surface area contributed by atoms with Crippen LogP contribution in [0.1, 0.15) is 42.6 Å². The van der Waals surface area contributed by atoms with E-state index >= 15 is 0 Å². The van der Waals surface area contributed by atoms with Crippen molar-refractivity contribution in [1.29, 1.82) is 0 Å². The highest BCUT2D eigenvalue weighted by Crippen LogP contribution is 2.26. The number of aromatic nitrogens is 1. The number of esters is 1. The van der Waals surface area contributed by atoms with Crippen LogP contribution in [0.15, 0.2) is 16.2 Å². The molecule has 0 bridgehead atoms. The standard InChI is InChI=1S/C17H24N4O2S/c1-11-9-14(12(2)21(11)8-4-5-16(22)23-3)15-10-24-17(20-19-15)18-13-6-7-13/h9,13H,4-8,10H2,1-3H3,(H,18,20). The number of carbonyl (C=O) groups is 1. The molecule has 24 heavy (non-hydrogen) atoms. The van der Waals surface area contributed by atoms with E-state index < -0.39 is 0 Å². The van der Waals surface area contributed by atoms with Crippen molar-refractivity contribution in [2.24, 2.45) is 10.1 Å². The number of hydrogen-bond donors (Lipinski definition) is 1. The minimum absolute atomic E-state index is 0.155. The molecule has 0 unspecified atom stereocenters. The summed E-state index contributed by atoms with van der Waals surface area (Å²) in [6, 6.07) is 2.69. The first-order valence-electron chi connectivity index (χ1n) is 8.35. The van der Waals surface area contributed by atoms with Gasteiger partial charge in [-0.15, -0.1) is 0 Å². The van der Waals surface area contributed by atoms with Crippen LogP contribution >= 0.6 is 11.8 Å². The Balaban J connectivity index is 1.67. The lowest BCUT2D eigenvalue weighted by atomic mass is 10.1. The number of amidine groups is 1. The van der Waals surface area contributed by atoms with Crippen LogP contribution in [0.2, 0.25) is 0 Å². The molecule has 0 radical (unpaired) electrons. The number of aliphatic imine (C=N–C) groups is 1. The lowest BCUT2D eigenvalue weighted by Gasteiger charge is -2.15. The molecule has 1 N–H and O–H groups in total. The molecule has 0 atom stereocenters. The average molecular weight is 348 g/mol. The Morgan fingerprint density at radius 1 is 1.50 bits per heavy atom. The third-order valence-electron chi connectivity index (χ3n) is 4.35. The summed E-state index contributed by atoms with van der Waals surface area (Å²) in [7, 11) is 1.43. The van der Waals surface area contributed by atoms with Crippen LogP contribution in [-0.2, 0) is 16.1 Å². The van der Waals surface area contributed by atoms with Crippen molar-refractivity contribution < 1.29 is 9.53 Å². The summed E-state index contributed by atoms with van der Waals surface area (Å²) in [4.78, 5) is 15.9. The molecule has 0 amide bonds. The van der Waals surface area contributed by atoms with Crippen molar-refractivity contribution in [3.05, 3.63) is 23.0 Å². The van der Waals surface area contributed by atoms with Gasteiger partial charge in [-0.2, -0.15) is 5.10 Å². The largest absolute Gasteiger partial charge is 0.469 e. The Kier molecular flexibility index (Phi) is 5.28. The minimum Gasteiger partial charge on any atom is -0.469 e. The van der Waals surface area contributed by atoms with Gasteiger partial charge in [0.05, 0.1) is 18.9 Å². The number of nitrogens with zero attached hydrogens (tertiary/aromatic N) is 3. The van der Waals surface area contributed by atoms with Gasteiger partial charge in [0.15, 0.2) is 5.17 Å². The highest BCUT2D eigenvalue weighted by atomic mass is 32.2. The van der Waals surface area contributed by atoms with Crippen molar-refractivity contribution in [3.8, 4) is 0 Å². The van der Waals surface area contributed by atoms with Gasteiger partial charge in [0.2, 0.25) is 0 Å². The van der Waals surface area contributed by atoms with Gasteiger partial charge in [-0.3, -0.25) is 15.2 Å². The number of methoxy groups -OCH3 is 1. The number of rotatable bonds is 6. The highest BCUT2D eigenvalue weighted by Gasteiger charge is 2.23. The Hall–Kier alpha value is -1.76. The van der Waals surface area contributed by atoms with E-state index in [1.807, 2.05) is 0 Å². The van der Waals surface area contributed by atoms with Crippen molar-refractivity contribution in [1.82, 2.24) is 9.99 Å². The van der Waals surface area contributed by atoms with Gasteiger partial charge in [-0.1, -0.05) is 11.8 Å². The molecule has 1 saturated carbocycles. The molecule has 0 aromatic carbocycles. The zero-order valence-corrected chi connectivity index (χ0v) is 15.3. The SMILES string of the molecule is COC(=O)CCCn1c(C)cc(C2=NNC(=NC3CC3)SC2)c1C. The van der Waals surface area contributed by atoms with Gasteiger partial charge >= 0.3 is 5.97 Å². The number of aryl methyl sites for hydroxylation is 1. The molecule has 1 aliphatic heterocycles. The first-order valence-corrected chi connectivity index (χ1v) is 9.34. The molecule has 2 heterocycles. The fourth-order valence-electron chi connectivity index (χ4n) is 2.81. The van der Waals surface area contributed by atoms with Crippen LogP contribution in [0, 0.1) is 13.8 Å². The maximum absolute atomic E-state index is 11.3. The number of carbonyl (C=O) groups excluding carboxylic acids is 1. The van der Waals surface area contributed by atoms with Crippen LogP contribution in [-0.4, -0.2) is 40.3 Å². The van der Waals surface area contributed by atoms with Gasteiger partial charge in [0, 0.05) is 35.7 Å². The van der Waals surface area contributed by atoms with Crippen LogP contribution in [0.25, 0.3) is 0 Å². The van der Waals surface area contributed by atoms with Crippen LogP contribution < -0.4 is 5.43 Å². The van der Waals surface area contributed by atoms with Crippen molar-refractivity contribution in [2.75, 3.05) is 12.9 Å². The molecule has 130 valence electrons. The molecule has 6 nitrogen and oxygen atoms in total. The fourth-order valence-corrected chi connectivity index (χ4v) is 3.64. The van der Waals surface area contributed by atoms with E-state index in [-0.39, 0.29) is 5.97 Å². The molecule has 2 aliphatic rings. The highest BCUT2D eigenvalue weighted by molar-refractivity contribution is 8.14. The molecule has 1 aromatic heterocycles. The van der Waals surface area contributed by atoms with Gasteiger partial charge in [-0.25, -0.2) is 0 Å². The molecule has 3 rings (SSSR count). The predicted molar refractivity (Wildman–Crippen MR) is 97.7 cm³/mol. The number of hydrogen-bond acceptors (Lipinski definition) is 5. The van der Waals surface area contributed by atoms with Gasteiger partial charge in [0.25, 0.3) is 0 Å². The smallest absolute Gasteiger partial charge is 0.305 e. The second kappa shape index (κ2) is 7.42. The third-order valence-corrected chi connectivity index (χ3v) is 5.24. The lowest BCUT2D eigenvalue weighted by molar-refractivity contribution is -0.140. The molecule has 1 fully saturated rings. The molecule has 0 spiro atoms. The summed E-state index contributed by atoms with van der Waals surface area (Å²) in [5, 5.41) is 5.46. The van der Waals surface area contributed by atoms with E-state index in [4.69, 9.17) is 4.74 Å². The lowest BCUT2D eigenvalue weighted by Crippen LogP contribution is -2.26. The number of hydrazone groups is 1. The van der Waals surface area contributed by atoms with Crippen molar-refractivity contribution in [2.45, 2.75) is 52.1 Å².